The quantitative estimate of drug-likeness (QED) is 0.698. The van der Waals surface area contributed by atoms with E-state index in [0.717, 1.165) is 13.2 Å². The van der Waals surface area contributed by atoms with E-state index in [1.165, 1.54) is 19.4 Å². The van der Waals surface area contributed by atoms with Gasteiger partial charge in [0.05, 0.1) is 6.61 Å². The molecule has 1 saturated heterocycles. The van der Waals surface area contributed by atoms with E-state index in [1.807, 2.05) is 27.7 Å². The van der Waals surface area contributed by atoms with E-state index < -0.39 is 0 Å². The number of likely N-dealkylation sites (tertiary alicyclic amines) is 1. The molecule has 14 heavy (non-hydrogen) atoms. The van der Waals surface area contributed by atoms with Crippen LogP contribution in [0.5, 0.6) is 0 Å². The van der Waals surface area contributed by atoms with Gasteiger partial charge in [0, 0.05) is 12.6 Å². The number of hydrogen-bond acceptors (Lipinski definition) is 2. The average Bonchev–Trinajstić information content (AvgIpc) is 2.67. The fraction of sp³-hybridized carbons (Fsp3) is 1.00. The summed E-state index contributed by atoms with van der Waals surface area (Å²) in [7, 11) is 2.18. The zero-order valence-electron chi connectivity index (χ0n) is 11.0. The van der Waals surface area contributed by atoms with Crippen LogP contribution < -0.4 is 0 Å². The average molecular weight is 203 g/mol. The fourth-order valence-corrected chi connectivity index (χ4v) is 1.44. The highest BCUT2D eigenvalue weighted by atomic mass is 16.5. The predicted octanol–water partition coefficient (Wildman–Crippen LogP) is 3.17. The number of ether oxygens (including phenoxy) is 1. The fourth-order valence-electron chi connectivity index (χ4n) is 1.44. The topological polar surface area (TPSA) is 12.5 Å². The van der Waals surface area contributed by atoms with Crippen LogP contribution in [0.15, 0.2) is 0 Å². The van der Waals surface area contributed by atoms with Gasteiger partial charge in [0.1, 0.15) is 0 Å². The highest BCUT2D eigenvalue weighted by Crippen LogP contribution is 2.14. The van der Waals surface area contributed by atoms with E-state index in [2.05, 4.69) is 18.9 Å². The van der Waals surface area contributed by atoms with E-state index in [9.17, 15) is 0 Å². The van der Waals surface area contributed by atoms with Gasteiger partial charge in [-0.1, -0.05) is 27.7 Å². The van der Waals surface area contributed by atoms with Gasteiger partial charge in [-0.05, 0) is 33.4 Å². The molecule has 0 aliphatic carbocycles. The lowest BCUT2D eigenvalue weighted by Gasteiger charge is -2.18. The molecule has 0 aromatic carbocycles. The molecule has 1 aliphatic rings. The molecule has 2 heteroatoms. The van der Waals surface area contributed by atoms with Gasteiger partial charge in [-0.15, -0.1) is 0 Å². The summed E-state index contributed by atoms with van der Waals surface area (Å²) in [6.45, 7) is 13.1. The Hall–Kier alpha value is -0.0800. The van der Waals surface area contributed by atoms with E-state index in [1.54, 1.807) is 0 Å². The van der Waals surface area contributed by atoms with Crippen LogP contribution in [0.4, 0.5) is 0 Å². The lowest BCUT2D eigenvalue weighted by atomic mass is 10.2. The van der Waals surface area contributed by atoms with Crippen molar-refractivity contribution in [2.24, 2.45) is 0 Å². The highest BCUT2D eigenvalue weighted by Gasteiger charge is 2.19. The minimum atomic E-state index is 0.694. The van der Waals surface area contributed by atoms with Gasteiger partial charge in [-0.2, -0.15) is 0 Å². The molecule has 0 aromatic rings. The van der Waals surface area contributed by atoms with Gasteiger partial charge in [0.15, 0.2) is 0 Å². The van der Waals surface area contributed by atoms with Gasteiger partial charge in [-0.25, -0.2) is 0 Å². The summed E-state index contributed by atoms with van der Waals surface area (Å²) in [6.07, 6.45) is 2.66. The molecule has 1 unspecified atom stereocenters. The van der Waals surface area contributed by atoms with Crippen molar-refractivity contribution in [3.8, 4) is 0 Å². The van der Waals surface area contributed by atoms with E-state index in [0.29, 0.717) is 6.04 Å². The van der Waals surface area contributed by atoms with E-state index in [-0.39, 0.29) is 0 Å². The number of likely N-dealkylation sites (N-methyl/N-ethyl adjacent to an activating group) is 1. The van der Waals surface area contributed by atoms with Crippen LogP contribution in [0.25, 0.3) is 0 Å². The van der Waals surface area contributed by atoms with E-state index >= 15 is 0 Å². The largest absolute Gasteiger partial charge is 0.380 e. The second kappa shape index (κ2) is 12.9. The normalized spacial score (nSPS) is 20.6. The summed E-state index contributed by atoms with van der Waals surface area (Å²) >= 11 is 0. The number of hydrogen-bond donors (Lipinski definition) is 0. The van der Waals surface area contributed by atoms with Crippen molar-refractivity contribution in [1.82, 2.24) is 4.90 Å². The lowest BCUT2D eigenvalue weighted by Crippen LogP contribution is -2.29. The Morgan fingerprint density at radius 1 is 1.21 bits per heavy atom. The molecule has 1 fully saturated rings. The van der Waals surface area contributed by atoms with Gasteiger partial charge in [0.2, 0.25) is 0 Å². The Balaban J connectivity index is 0. The first kappa shape index (κ1) is 16.4. The Morgan fingerprint density at radius 3 is 2.14 bits per heavy atom. The van der Waals surface area contributed by atoms with Crippen LogP contribution in [0.2, 0.25) is 0 Å². The molecule has 0 amide bonds. The first-order chi connectivity index (χ1) is 6.84. The lowest BCUT2D eigenvalue weighted by molar-refractivity contribution is 0.0950. The number of rotatable bonds is 3. The first-order valence-electron chi connectivity index (χ1n) is 6.12. The van der Waals surface area contributed by atoms with Crippen molar-refractivity contribution in [3.05, 3.63) is 0 Å². The first-order valence-corrected chi connectivity index (χ1v) is 6.12. The summed E-state index contributed by atoms with van der Waals surface area (Å²) in [5.74, 6) is 0. The third-order valence-corrected chi connectivity index (χ3v) is 2.19. The summed E-state index contributed by atoms with van der Waals surface area (Å²) in [6, 6.07) is 0.694. The molecule has 88 valence electrons. The zero-order valence-corrected chi connectivity index (χ0v) is 11.0. The maximum absolute atomic E-state index is 5.35. The van der Waals surface area contributed by atoms with E-state index in [4.69, 9.17) is 4.74 Å². The molecule has 1 aliphatic heterocycles. The number of nitrogens with zero attached hydrogens (tertiary/aromatic N) is 1. The Bertz CT molecular complexity index is 96.3. The molecule has 0 saturated carbocycles. The van der Waals surface area contributed by atoms with Crippen molar-refractivity contribution < 1.29 is 4.74 Å². The Morgan fingerprint density at radius 2 is 1.79 bits per heavy atom. The van der Waals surface area contributed by atoms with Crippen LogP contribution in [0.3, 0.4) is 0 Å². The second-order valence-electron chi connectivity index (χ2n) is 2.94. The molecule has 0 bridgehead atoms. The molecular formula is C12H29NO. The summed E-state index contributed by atoms with van der Waals surface area (Å²) < 4.78 is 5.35. The molecule has 0 radical (unpaired) electrons. The SMILES string of the molecule is CC.CC.CCOCC1CCCN1C. The standard InChI is InChI=1S/C8H17NO.2C2H6/c1-3-10-7-8-5-4-6-9(8)2;2*1-2/h8H,3-7H2,1-2H3;2*1-2H3. The van der Waals surface area contributed by atoms with Crippen LogP contribution in [0, 0.1) is 0 Å². The highest BCUT2D eigenvalue weighted by molar-refractivity contribution is 4.75. The second-order valence-corrected chi connectivity index (χ2v) is 2.94. The minimum absolute atomic E-state index is 0.694. The van der Waals surface area contributed by atoms with Crippen LogP contribution >= 0.6 is 0 Å². The molecule has 1 heterocycles. The third-order valence-electron chi connectivity index (χ3n) is 2.19. The van der Waals surface area contributed by atoms with Gasteiger partial charge in [0.25, 0.3) is 0 Å². The monoisotopic (exact) mass is 203 g/mol. The predicted molar refractivity (Wildman–Crippen MR) is 64.8 cm³/mol. The molecule has 0 N–H and O–H groups in total. The van der Waals surface area contributed by atoms with Crippen molar-refractivity contribution in [2.75, 3.05) is 26.8 Å². The van der Waals surface area contributed by atoms with Crippen molar-refractivity contribution in [3.63, 3.8) is 0 Å². The zero-order chi connectivity index (χ0) is 11.4. The Labute approximate surface area is 90.6 Å². The van der Waals surface area contributed by atoms with Crippen molar-refractivity contribution in [1.29, 1.82) is 0 Å². The van der Waals surface area contributed by atoms with Crippen LogP contribution in [-0.2, 0) is 4.74 Å². The summed E-state index contributed by atoms with van der Waals surface area (Å²) in [5.41, 5.74) is 0. The van der Waals surface area contributed by atoms with Gasteiger partial charge < -0.3 is 9.64 Å². The van der Waals surface area contributed by atoms with Gasteiger partial charge >= 0.3 is 0 Å². The smallest absolute Gasteiger partial charge is 0.0621 e. The van der Waals surface area contributed by atoms with Crippen molar-refractivity contribution >= 4 is 0 Å². The molecule has 1 rings (SSSR count). The molecule has 2 nitrogen and oxygen atoms in total. The van der Waals surface area contributed by atoms with Crippen LogP contribution in [-0.4, -0.2) is 37.7 Å². The van der Waals surface area contributed by atoms with Crippen molar-refractivity contribution in [2.45, 2.75) is 53.5 Å². The molecular weight excluding hydrogens is 174 g/mol. The molecule has 0 spiro atoms. The summed E-state index contributed by atoms with van der Waals surface area (Å²) in [4.78, 5) is 2.38. The third kappa shape index (κ3) is 7.34. The maximum atomic E-state index is 5.35. The van der Waals surface area contributed by atoms with Gasteiger partial charge in [-0.3, -0.25) is 0 Å². The maximum Gasteiger partial charge on any atom is 0.0621 e. The summed E-state index contributed by atoms with van der Waals surface area (Å²) in [5, 5.41) is 0. The molecule has 0 aromatic heterocycles. The van der Waals surface area contributed by atoms with Crippen LogP contribution in [0.1, 0.15) is 47.5 Å². The minimum Gasteiger partial charge on any atom is -0.380 e. The molecule has 1 atom stereocenters. The Kier molecular flexibility index (Phi) is 15.1.